The summed E-state index contributed by atoms with van der Waals surface area (Å²) in [6, 6.07) is 13.2. The van der Waals surface area contributed by atoms with Crippen LogP contribution in [0, 0.1) is 0 Å². The SMILES string of the molecule is CCNC(=O)[C@@H](CC)N(Cc1ccc(Cl)cc1)C(=O)CCCN1C(=O)c2ccccc2C1=O. The number of carbonyl (C=O) groups is 4. The van der Waals surface area contributed by atoms with Crippen molar-refractivity contribution in [2.24, 2.45) is 0 Å². The third-order valence-corrected chi connectivity index (χ3v) is 5.91. The van der Waals surface area contributed by atoms with Crippen LogP contribution in [0.2, 0.25) is 5.02 Å². The molecule has 0 saturated heterocycles. The summed E-state index contributed by atoms with van der Waals surface area (Å²) in [5, 5.41) is 3.39. The Kier molecular flexibility index (Phi) is 8.22. The van der Waals surface area contributed by atoms with Crippen molar-refractivity contribution in [2.75, 3.05) is 13.1 Å². The molecule has 4 amide bonds. The summed E-state index contributed by atoms with van der Waals surface area (Å²) in [4.78, 5) is 53.7. The van der Waals surface area contributed by atoms with E-state index in [0.717, 1.165) is 5.56 Å². The van der Waals surface area contributed by atoms with Gasteiger partial charge in [-0.2, -0.15) is 0 Å². The van der Waals surface area contributed by atoms with E-state index in [0.29, 0.717) is 35.5 Å². The molecule has 0 spiro atoms. The quantitative estimate of drug-likeness (QED) is 0.538. The lowest BCUT2D eigenvalue weighted by molar-refractivity contribution is -0.141. The molecule has 1 aliphatic rings. The van der Waals surface area contributed by atoms with Crippen LogP contribution >= 0.6 is 11.6 Å². The van der Waals surface area contributed by atoms with Crippen molar-refractivity contribution in [3.63, 3.8) is 0 Å². The first-order valence-corrected chi connectivity index (χ1v) is 11.5. The van der Waals surface area contributed by atoms with Gasteiger partial charge in [0.25, 0.3) is 11.8 Å². The van der Waals surface area contributed by atoms with Gasteiger partial charge in [-0.05, 0) is 49.6 Å². The molecule has 3 rings (SSSR count). The predicted octanol–water partition coefficient (Wildman–Crippen LogP) is 3.66. The molecule has 0 saturated carbocycles. The molecule has 174 valence electrons. The van der Waals surface area contributed by atoms with E-state index in [1.807, 2.05) is 26.0 Å². The second-order valence-electron chi connectivity index (χ2n) is 7.88. The minimum atomic E-state index is -0.618. The largest absolute Gasteiger partial charge is 0.355 e. The topological polar surface area (TPSA) is 86.8 Å². The van der Waals surface area contributed by atoms with Crippen LogP contribution < -0.4 is 5.32 Å². The van der Waals surface area contributed by atoms with E-state index >= 15 is 0 Å². The van der Waals surface area contributed by atoms with Gasteiger partial charge in [0.2, 0.25) is 11.8 Å². The summed E-state index contributed by atoms with van der Waals surface area (Å²) < 4.78 is 0. The zero-order valence-corrected chi connectivity index (χ0v) is 19.6. The smallest absolute Gasteiger partial charge is 0.261 e. The van der Waals surface area contributed by atoms with Gasteiger partial charge < -0.3 is 10.2 Å². The van der Waals surface area contributed by atoms with Gasteiger partial charge in [-0.15, -0.1) is 0 Å². The van der Waals surface area contributed by atoms with Crippen molar-refractivity contribution in [3.8, 4) is 0 Å². The molecule has 1 atom stereocenters. The third-order valence-electron chi connectivity index (χ3n) is 5.65. The number of hydrogen-bond donors (Lipinski definition) is 1. The van der Waals surface area contributed by atoms with Gasteiger partial charge in [-0.3, -0.25) is 24.1 Å². The highest BCUT2D eigenvalue weighted by Gasteiger charge is 2.35. The maximum atomic E-state index is 13.2. The van der Waals surface area contributed by atoms with Gasteiger partial charge >= 0.3 is 0 Å². The Bertz CT molecular complexity index is 1000. The summed E-state index contributed by atoms with van der Waals surface area (Å²) in [7, 11) is 0. The molecule has 8 heteroatoms. The number of halogens is 1. The van der Waals surface area contributed by atoms with Gasteiger partial charge in [-0.25, -0.2) is 0 Å². The van der Waals surface area contributed by atoms with Crippen molar-refractivity contribution in [2.45, 2.75) is 45.7 Å². The highest BCUT2D eigenvalue weighted by atomic mass is 35.5. The Labute approximate surface area is 198 Å². The molecule has 7 nitrogen and oxygen atoms in total. The lowest BCUT2D eigenvalue weighted by Crippen LogP contribution is -2.49. The highest BCUT2D eigenvalue weighted by molar-refractivity contribution is 6.30. The van der Waals surface area contributed by atoms with Crippen LogP contribution in [-0.4, -0.2) is 52.6 Å². The van der Waals surface area contributed by atoms with Crippen molar-refractivity contribution in [1.82, 2.24) is 15.1 Å². The first-order valence-electron chi connectivity index (χ1n) is 11.1. The zero-order valence-electron chi connectivity index (χ0n) is 18.8. The molecule has 0 fully saturated rings. The van der Waals surface area contributed by atoms with Crippen molar-refractivity contribution in [1.29, 1.82) is 0 Å². The number of likely N-dealkylation sites (N-methyl/N-ethyl adjacent to an activating group) is 1. The maximum Gasteiger partial charge on any atom is 0.261 e. The summed E-state index contributed by atoms with van der Waals surface area (Å²) in [5.74, 6) is -1.09. The molecule has 0 radical (unpaired) electrons. The predicted molar refractivity (Wildman–Crippen MR) is 126 cm³/mol. The molecular weight excluding hydrogens is 442 g/mol. The molecule has 0 unspecified atom stereocenters. The number of amides is 4. The maximum absolute atomic E-state index is 13.2. The van der Waals surface area contributed by atoms with Crippen molar-refractivity contribution < 1.29 is 19.2 Å². The van der Waals surface area contributed by atoms with E-state index in [9.17, 15) is 19.2 Å². The minimum Gasteiger partial charge on any atom is -0.355 e. The average molecular weight is 470 g/mol. The summed E-state index contributed by atoms with van der Waals surface area (Å²) in [5.41, 5.74) is 1.64. The first kappa shape index (κ1) is 24.5. The van der Waals surface area contributed by atoms with E-state index in [2.05, 4.69) is 5.32 Å². The highest BCUT2D eigenvalue weighted by Crippen LogP contribution is 2.23. The van der Waals surface area contributed by atoms with Crippen LogP contribution in [0.3, 0.4) is 0 Å². The molecule has 2 aromatic rings. The van der Waals surface area contributed by atoms with E-state index in [-0.39, 0.29) is 43.1 Å². The zero-order chi connectivity index (χ0) is 24.0. The van der Waals surface area contributed by atoms with Gasteiger partial charge in [0.05, 0.1) is 11.1 Å². The van der Waals surface area contributed by atoms with E-state index in [1.54, 1.807) is 41.3 Å². The number of hydrogen-bond acceptors (Lipinski definition) is 4. The summed E-state index contributed by atoms with van der Waals surface area (Å²) in [6.07, 6.45) is 0.883. The van der Waals surface area contributed by atoms with E-state index < -0.39 is 6.04 Å². The fourth-order valence-corrected chi connectivity index (χ4v) is 4.10. The lowest BCUT2D eigenvalue weighted by Gasteiger charge is -2.31. The van der Waals surface area contributed by atoms with Crippen LogP contribution in [0.15, 0.2) is 48.5 Å². The Balaban J connectivity index is 1.69. The van der Waals surface area contributed by atoms with Crippen LogP contribution in [0.25, 0.3) is 0 Å². The van der Waals surface area contributed by atoms with E-state index in [4.69, 9.17) is 11.6 Å². The molecule has 1 aliphatic heterocycles. The molecule has 0 aromatic heterocycles. The number of nitrogens with zero attached hydrogens (tertiary/aromatic N) is 2. The number of carbonyl (C=O) groups excluding carboxylic acids is 4. The Morgan fingerprint density at radius 1 is 1.00 bits per heavy atom. The lowest BCUT2D eigenvalue weighted by atomic mass is 10.1. The molecule has 0 aliphatic carbocycles. The third kappa shape index (κ3) is 5.60. The van der Waals surface area contributed by atoms with E-state index in [1.165, 1.54) is 4.90 Å². The van der Waals surface area contributed by atoms with Crippen molar-refractivity contribution in [3.05, 3.63) is 70.2 Å². The molecule has 2 aromatic carbocycles. The van der Waals surface area contributed by atoms with Crippen LogP contribution in [-0.2, 0) is 16.1 Å². The molecule has 1 N–H and O–H groups in total. The second kappa shape index (κ2) is 11.1. The monoisotopic (exact) mass is 469 g/mol. The number of fused-ring (bicyclic) bond motifs is 1. The average Bonchev–Trinajstić information content (AvgIpc) is 3.05. The number of benzene rings is 2. The van der Waals surface area contributed by atoms with Gasteiger partial charge in [0, 0.05) is 31.1 Å². The van der Waals surface area contributed by atoms with Gasteiger partial charge in [-0.1, -0.05) is 42.8 Å². The Morgan fingerprint density at radius 2 is 1.61 bits per heavy atom. The van der Waals surface area contributed by atoms with Crippen LogP contribution in [0.4, 0.5) is 0 Å². The normalized spacial score (nSPS) is 13.6. The van der Waals surface area contributed by atoms with Crippen LogP contribution in [0.5, 0.6) is 0 Å². The van der Waals surface area contributed by atoms with Gasteiger partial charge in [0.15, 0.2) is 0 Å². The molecule has 33 heavy (non-hydrogen) atoms. The number of nitrogens with one attached hydrogen (secondary N) is 1. The summed E-state index contributed by atoms with van der Waals surface area (Å²) >= 11 is 5.98. The number of imide groups is 1. The van der Waals surface area contributed by atoms with Crippen LogP contribution in [0.1, 0.15) is 59.4 Å². The standard InChI is InChI=1S/C25H28ClN3O4/c1-3-21(23(31)27-4-2)29(16-17-11-13-18(26)14-12-17)22(30)10-7-15-28-24(32)19-8-5-6-9-20(19)25(28)33/h5-6,8-9,11-14,21H,3-4,7,10,15-16H2,1-2H3,(H,27,31)/t21-/m1/s1. The minimum absolute atomic E-state index is 0.108. The molecule has 1 heterocycles. The van der Waals surface area contributed by atoms with Gasteiger partial charge in [0.1, 0.15) is 6.04 Å². The molecule has 0 bridgehead atoms. The second-order valence-corrected chi connectivity index (χ2v) is 8.31. The van der Waals surface area contributed by atoms with Crippen molar-refractivity contribution >= 4 is 35.2 Å². The summed E-state index contributed by atoms with van der Waals surface area (Å²) in [6.45, 7) is 4.57. The molecular formula is C25H28ClN3O4. The Hall–Kier alpha value is -3.19. The first-order chi connectivity index (χ1) is 15.9. The fourth-order valence-electron chi connectivity index (χ4n) is 3.97. The fraction of sp³-hybridized carbons (Fsp3) is 0.360. The Morgan fingerprint density at radius 3 is 2.15 bits per heavy atom. The number of rotatable bonds is 10.